The van der Waals surface area contributed by atoms with Crippen molar-refractivity contribution in [1.29, 1.82) is 0 Å². The Hall–Kier alpha value is -2.40. The van der Waals surface area contributed by atoms with E-state index in [2.05, 4.69) is 5.32 Å². The first-order chi connectivity index (χ1) is 11.4. The molecule has 1 N–H and O–H groups in total. The Kier molecular flexibility index (Phi) is 5.58. The summed E-state index contributed by atoms with van der Waals surface area (Å²) < 4.78 is 22.9. The van der Waals surface area contributed by atoms with Gasteiger partial charge in [-0.1, -0.05) is 24.3 Å². The molecule has 0 spiro atoms. The van der Waals surface area contributed by atoms with Crippen LogP contribution in [0, 0.1) is 0 Å². The number of hydrogen-bond acceptors (Lipinski definition) is 5. The van der Waals surface area contributed by atoms with E-state index in [1.807, 2.05) is 48.5 Å². The Labute approximate surface area is 136 Å². The van der Waals surface area contributed by atoms with Gasteiger partial charge >= 0.3 is 0 Å². The summed E-state index contributed by atoms with van der Waals surface area (Å²) in [6.07, 6.45) is 0. The van der Waals surface area contributed by atoms with E-state index in [9.17, 15) is 0 Å². The molecule has 0 aromatic heterocycles. The van der Waals surface area contributed by atoms with Crippen LogP contribution in [0.25, 0.3) is 0 Å². The number of fused-ring (bicyclic) bond motifs is 2. The van der Waals surface area contributed by atoms with E-state index in [0.717, 1.165) is 22.9 Å². The Bertz CT molecular complexity index is 564. The van der Waals surface area contributed by atoms with Crippen molar-refractivity contribution in [2.24, 2.45) is 0 Å². The van der Waals surface area contributed by atoms with Crippen LogP contribution < -0.4 is 19.5 Å². The van der Waals surface area contributed by atoms with E-state index in [4.69, 9.17) is 18.9 Å². The fourth-order valence-electron chi connectivity index (χ4n) is 2.30. The topological polar surface area (TPSA) is 49.0 Å². The minimum absolute atomic E-state index is 0.450. The van der Waals surface area contributed by atoms with E-state index in [1.165, 1.54) is 0 Å². The second-order valence-electron chi connectivity index (χ2n) is 5.03. The number of nitrogens with one attached hydrogen (secondary N) is 1. The van der Waals surface area contributed by atoms with Crippen LogP contribution in [0.2, 0.25) is 0 Å². The first-order valence-corrected chi connectivity index (χ1v) is 7.81. The van der Waals surface area contributed by atoms with Gasteiger partial charge in [-0.3, -0.25) is 0 Å². The average molecular weight is 315 g/mol. The van der Waals surface area contributed by atoms with E-state index >= 15 is 0 Å². The molecule has 0 bridgehead atoms. The van der Waals surface area contributed by atoms with Crippen LogP contribution in [-0.4, -0.2) is 39.6 Å². The van der Waals surface area contributed by atoms with Crippen LogP contribution >= 0.6 is 0 Å². The first-order valence-electron chi connectivity index (χ1n) is 7.81. The second kappa shape index (κ2) is 8.29. The van der Waals surface area contributed by atoms with Crippen molar-refractivity contribution in [3.8, 4) is 17.2 Å². The van der Waals surface area contributed by atoms with Gasteiger partial charge in [0, 0.05) is 6.54 Å². The Morgan fingerprint density at radius 1 is 0.609 bits per heavy atom. The quantitative estimate of drug-likeness (QED) is 0.810. The summed E-state index contributed by atoms with van der Waals surface area (Å²) in [6.45, 7) is 3.26. The number of ether oxygens (including phenoxy) is 4. The molecule has 0 radical (unpaired) electrons. The summed E-state index contributed by atoms with van der Waals surface area (Å²) in [7, 11) is 0. The van der Waals surface area contributed by atoms with Crippen molar-refractivity contribution in [2.45, 2.75) is 0 Å². The van der Waals surface area contributed by atoms with E-state index in [1.54, 1.807) is 0 Å². The van der Waals surface area contributed by atoms with Gasteiger partial charge in [0.2, 0.25) is 0 Å². The Balaban J connectivity index is 1.68. The lowest BCUT2D eigenvalue weighted by Gasteiger charge is -2.14. The van der Waals surface area contributed by atoms with Gasteiger partial charge in [-0.05, 0) is 24.3 Å². The molecule has 5 nitrogen and oxygen atoms in total. The third kappa shape index (κ3) is 4.53. The van der Waals surface area contributed by atoms with Crippen molar-refractivity contribution in [3.05, 3.63) is 48.5 Å². The van der Waals surface area contributed by atoms with Gasteiger partial charge in [0.1, 0.15) is 25.6 Å². The molecular formula is C18H21NO4. The maximum absolute atomic E-state index is 5.81. The third-order valence-corrected chi connectivity index (χ3v) is 3.38. The molecule has 0 saturated carbocycles. The van der Waals surface area contributed by atoms with Crippen molar-refractivity contribution >= 4 is 5.69 Å². The predicted molar refractivity (Wildman–Crippen MR) is 88.7 cm³/mol. The molecule has 1 aliphatic heterocycles. The summed E-state index contributed by atoms with van der Waals surface area (Å²) in [4.78, 5) is 0. The van der Waals surface area contributed by atoms with Crippen molar-refractivity contribution in [2.75, 3.05) is 44.9 Å². The van der Waals surface area contributed by atoms with Crippen LogP contribution in [0.15, 0.2) is 48.5 Å². The highest BCUT2D eigenvalue weighted by molar-refractivity contribution is 5.56. The van der Waals surface area contributed by atoms with Crippen molar-refractivity contribution in [1.82, 2.24) is 0 Å². The molecular weight excluding hydrogens is 294 g/mol. The molecule has 2 aromatic rings. The lowest BCUT2D eigenvalue weighted by molar-refractivity contribution is 0.106. The molecule has 0 unspecified atom stereocenters. The molecule has 0 aliphatic carbocycles. The minimum Gasteiger partial charge on any atom is -0.488 e. The molecule has 1 aliphatic rings. The summed E-state index contributed by atoms with van der Waals surface area (Å²) >= 11 is 0. The summed E-state index contributed by atoms with van der Waals surface area (Å²) in [6, 6.07) is 15.5. The predicted octanol–water partition coefficient (Wildman–Crippen LogP) is 2.97. The molecule has 3 rings (SSSR count). The van der Waals surface area contributed by atoms with Gasteiger partial charge in [-0.15, -0.1) is 0 Å². The molecule has 1 heterocycles. The molecule has 5 heteroatoms. The number of hydrogen-bond donors (Lipinski definition) is 1. The van der Waals surface area contributed by atoms with Gasteiger partial charge in [-0.2, -0.15) is 0 Å². The lowest BCUT2D eigenvalue weighted by Crippen LogP contribution is -2.14. The number of rotatable bonds is 0. The highest BCUT2D eigenvalue weighted by Crippen LogP contribution is 2.27. The molecule has 0 fully saturated rings. The minimum atomic E-state index is 0.450. The van der Waals surface area contributed by atoms with Crippen LogP contribution in [-0.2, 0) is 4.74 Å². The standard InChI is InChI=1S/C18H21NO4/c1-2-6-16-15(5-1)19-9-10-20-11-12-22-17-7-3-4-8-18(17)23-14-13-21-16/h1-8,19H,9-14H2. The second-order valence-corrected chi connectivity index (χ2v) is 5.03. The van der Waals surface area contributed by atoms with Gasteiger partial charge in [0.15, 0.2) is 11.5 Å². The van der Waals surface area contributed by atoms with E-state index in [0.29, 0.717) is 39.6 Å². The van der Waals surface area contributed by atoms with Crippen LogP contribution in [0.1, 0.15) is 0 Å². The molecule has 0 amide bonds. The maximum atomic E-state index is 5.81. The number of para-hydroxylation sites is 4. The summed E-state index contributed by atoms with van der Waals surface area (Å²) in [5, 5.41) is 3.32. The zero-order chi connectivity index (χ0) is 15.7. The zero-order valence-electron chi connectivity index (χ0n) is 13.0. The highest BCUT2D eigenvalue weighted by Gasteiger charge is 2.06. The largest absolute Gasteiger partial charge is 0.488 e. The van der Waals surface area contributed by atoms with E-state index < -0.39 is 0 Å². The monoisotopic (exact) mass is 315 g/mol. The third-order valence-electron chi connectivity index (χ3n) is 3.38. The molecule has 122 valence electrons. The number of anilines is 1. The Morgan fingerprint density at radius 3 is 1.91 bits per heavy atom. The van der Waals surface area contributed by atoms with Crippen molar-refractivity contribution < 1.29 is 18.9 Å². The molecule has 0 atom stereocenters. The molecule has 23 heavy (non-hydrogen) atoms. The first kappa shape index (κ1) is 15.5. The molecule has 2 aromatic carbocycles. The van der Waals surface area contributed by atoms with E-state index in [-0.39, 0.29) is 0 Å². The van der Waals surface area contributed by atoms with Gasteiger partial charge in [-0.25, -0.2) is 0 Å². The maximum Gasteiger partial charge on any atom is 0.161 e. The fourth-order valence-corrected chi connectivity index (χ4v) is 2.30. The van der Waals surface area contributed by atoms with Crippen LogP contribution in [0.4, 0.5) is 5.69 Å². The smallest absolute Gasteiger partial charge is 0.161 e. The van der Waals surface area contributed by atoms with Crippen LogP contribution in [0.5, 0.6) is 17.2 Å². The summed E-state index contributed by atoms with van der Waals surface area (Å²) in [5.41, 5.74) is 0.961. The normalized spacial score (nSPS) is 16.0. The highest BCUT2D eigenvalue weighted by atomic mass is 16.6. The zero-order valence-corrected chi connectivity index (χ0v) is 13.0. The van der Waals surface area contributed by atoms with Gasteiger partial charge in [0.25, 0.3) is 0 Å². The van der Waals surface area contributed by atoms with Crippen LogP contribution in [0.3, 0.4) is 0 Å². The van der Waals surface area contributed by atoms with Gasteiger partial charge in [0.05, 0.1) is 18.9 Å². The SMILES string of the molecule is c1ccc2c(c1)NCCOCCOc1ccccc1OCCO2. The summed E-state index contributed by atoms with van der Waals surface area (Å²) in [5.74, 6) is 2.26. The average Bonchev–Trinajstić information content (AvgIpc) is 2.60. The lowest BCUT2D eigenvalue weighted by atomic mass is 10.3. The van der Waals surface area contributed by atoms with Gasteiger partial charge < -0.3 is 24.3 Å². The van der Waals surface area contributed by atoms with Crippen molar-refractivity contribution in [3.63, 3.8) is 0 Å². The number of benzene rings is 2. The molecule has 0 saturated heterocycles. The Morgan fingerprint density at radius 2 is 1.17 bits per heavy atom. The fraction of sp³-hybridized carbons (Fsp3) is 0.333.